The Morgan fingerprint density at radius 2 is 1.83 bits per heavy atom. The van der Waals surface area contributed by atoms with Crippen molar-refractivity contribution in [1.29, 1.82) is 0 Å². The summed E-state index contributed by atoms with van der Waals surface area (Å²) in [6, 6.07) is 0. The lowest BCUT2D eigenvalue weighted by Crippen LogP contribution is -2.04. The predicted molar refractivity (Wildman–Crippen MR) is 58.8 cm³/mol. The summed E-state index contributed by atoms with van der Waals surface area (Å²) in [5.74, 6) is 0. The molecule has 70 valence electrons. The topological polar surface area (TPSA) is 0 Å². The van der Waals surface area contributed by atoms with Crippen LogP contribution in [0.3, 0.4) is 0 Å². The maximum absolute atomic E-state index is 4.19. The standard InChI is InChI=1S/C11H20S/c1-10-8-6-4-3-5-7-9-11(10)12-2/h11H,1,3-9H2,2H3. The summed E-state index contributed by atoms with van der Waals surface area (Å²) in [5, 5.41) is 0.753. The van der Waals surface area contributed by atoms with Crippen molar-refractivity contribution in [2.75, 3.05) is 6.26 Å². The van der Waals surface area contributed by atoms with E-state index in [2.05, 4.69) is 12.8 Å². The van der Waals surface area contributed by atoms with E-state index in [1.54, 1.807) is 0 Å². The first-order chi connectivity index (χ1) is 5.84. The molecule has 0 N–H and O–H groups in total. The molecule has 1 fully saturated rings. The van der Waals surface area contributed by atoms with Crippen molar-refractivity contribution in [1.82, 2.24) is 0 Å². The Labute approximate surface area is 80.8 Å². The normalized spacial score (nSPS) is 27.4. The molecule has 0 heterocycles. The molecule has 0 nitrogen and oxygen atoms in total. The van der Waals surface area contributed by atoms with Crippen LogP contribution in [0.4, 0.5) is 0 Å². The Bertz CT molecular complexity index is 140. The molecule has 1 rings (SSSR count). The van der Waals surface area contributed by atoms with Gasteiger partial charge in [0.1, 0.15) is 0 Å². The van der Waals surface area contributed by atoms with Crippen molar-refractivity contribution in [2.45, 2.75) is 50.2 Å². The summed E-state index contributed by atoms with van der Waals surface area (Å²) in [4.78, 5) is 0. The zero-order chi connectivity index (χ0) is 8.81. The minimum Gasteiger partial charge on any atom is -0.158 e. The highest BCUT2D eigenvalue weighted by molar-refractivity contribution is 7.99. The first-order valence-electron chi connectivity index (χ1n) is 5.05. The van der Waals surface area contributed by atoms with Crippen LogP contribution in [0, 0.1) is 0 Å². The van der Waals surface area contributed by atoms with Gasteiger partial charge in [0, 0.05) is 5.25 Å². The Morgan fingerprint density at radius 3 is 2.58 bits per heavy atom. The Balaban J connectivity index is 2.41. The van der Waals surface area contributed by atoms with Crippen LogP contribution >= 0.6 is 11.8 Å². The minimum atomic E-state index is 0.753. The highest BCUT2D eigenvalue weighted by Gasteiger charge is 2.11. The fraction of sp³-hybridized carbons (Fsp3) is 0.818. The average Bonchev–Trinajstić information content (AvgIpc) is 2.17. The lowest BCUT2D eigenvalue weighted by Gasteiger charge is -2.15. The van der Waals surface area contributed by atoms with Gasteiger partial charge in [0.25, 0.3) is 0 Å². The van der Waals surface area contributed by atoms with Gasteiger partial charge in [-0.25, -0.2) is 0 Å². The summed E-state index contributed by atoms with van der Waals surface area (Å²) in [6.45, 7) is 4.19. The van der Waals surface area contributed by atoms with Crippen LogP contribution in [0.25, 0.3) is 0 Å². The first kappa shape index (κ1) is 10.2. The lowest BCUT2D eigenvalue weighted by atomic mass is 10.1. The third kappa shape index (κ3) is 3.22. The van der Waals surface area contributed by atoms with Gasteiger partial charge >= 0.3 is 0 Å². The molecule has 1 aliphatic rings. The van der Waals surface area contributed by atoms with Crippen LogP contribution in [-0.4, -0.2) is 11.5 Å². The maximum Gasteiger partial charge on any atom is 0.0251 e. The Kier molecular flexibility index (Phi) is 4.82. The van der Waals surface area contributed by atoms with Gasteiger partial charge in [-0.05, 0) is 25.5 Å². The zero-order valence-corrected chi connectivity index (χ0v) is 8.96. The average molecular weight is 184 g/mol. The van der Waals surface area contributed by atoms with E-state index in [1.165, 1.54) is 50.5 Å². The fourth-order valence-corrected chi connectivity index (χ4v) is 2.72. The molecular formula is C11H20S. The van der Waals surface area contributed by atoms with Crippen molar-refractivity contribution < 1.29 is 0 Å². The smallest absolute Gasteiger partial charge is 0.0251 e. The molecule has 1 atom stereocenters. The summed E-state index contributed by atoms with van der Waals surface area (Å²) >= 11 is 1.99. The van der Waals surface area contributed by atoms with Gasteiger partial charge in [0.2, 0.25) is 0 Å². The highest BCUT2D eigenvalue weighted by atomic mass is 32.2. The van der Waals surface area contributed by atoms with Crippen LogP contribution in [0.15, 0.2) is 12.2 Å². The van der Waals surface area contributed by atoms with E-state index < -0.39 is 0 Å². The lowest BCUT2D eigenvalue weighted by molar-refractivity contribution is 0.626. The second-order valence-corrected chi connectivity index (χ2v) is 4.73. The van der Waals surface area contributed by atoms with E-state index in [9.17, 15) is 0 Å². The fourth-order valence-electron chi connectivity index (χ4n) is 1.86. The van der Waals surface area contributed by atoms with Crippen LogP contribution < -0.4 is 0 Å². The van der Waals surface area contributed by atoms with Gasteiger partial charge < -0.3 is 0 Å². The summed E-state index contributed by atoms with van der Waals surface area (Å²) < 4.78 is 0. The van der Waals surface area contributed by atoms with E-state index in [0.29, 0.717) is 0 Å². The molecule has 0 aliphatic heterocycles. The molecule has 0 amide bonds. The van der Waals surface area contributed by atoms with E-state index in [4.69, 9.17) is 0 Å². The molecule has 0 radical (unpaired) electrons. The first-order valence-corrected chi connectivity index (χ1v) is 6.34. The van der Waals surface area contributed by atoms with Gasteiger partial charge in [-0.3, -0.25) is 0 Å². The quantitative estimate of drug-likeness (QED) is 0.555. The molecule has 0 saturated heterocycles. The number of rotatable bonds is 1. The number of hydrogen-bond acceptors (Lipinski definition) is 1. The molecule has 0 aromatic rings. The molecule has 0 spiro atoms. The van der Waals surface area contributed by atoms with Gasteiger partial charge in [-0.1, -0.05) is 37.8 Å². The Morgan fingerprint density at radius 1 is 1.17 bits per heavy atom. The maximum atomic E-state index is 4.19. The van der Waals surface area contributed by atoms with Crippen LogP contribution in [0.5, 0.6) is 0 Å². The van der Waals surface area contributed by atoms with E-state index in [-0.39, 0.29) is 0 Å². The third-order valence-corrected chi connectivity index (χ3v) is 3.84. The highest BCUT2D eigenvalue weighted by Crippen LogP contribution is 2.27. The van der Waals surface area contributed by atoms with Gasteiger partial charge in [0.05, 0.1) is 0 Å². The second kappa shape index (κ2) is 5.69. The summed E-state index contributed by atoms with van der Waals surface area (Å²) in [5.41, 5.74) is 1.49. The van der Waals surface area contributed by atoms with Crippen LogP contribution in [-0.2, 0) is 0 Å². The predicted octanol–water partition coefficient (Wildman–Crippen LogP) is 4.02. The molecule has 12 heavy (non-hydrogen) atoms. The SMILES string of the molecule is C=C1CCCCCCCC1SC. The number of thioether (sulfide) groups is 1. The zero-order valence-electron chi connectivity index (χ0n) is 8.14. The van der Waals surface area contributed by atoms with Gasteiger partial charge in [-0.15, -0.1) is 0 Å². The van der Waals surface area contributed by atoms with Crippen molar-refractivity contribution >= 4 is 11.8 Å². The van der Waals surface area contributed by atoms with E-state index in [0.717, 1.165) is 5.25 Å². The van der Waals surface area contributed by atoms with Crippen molar-refractivity contribution in [2.24, 2.45) is 0 Å². The second-order valence-electron chi connectivity index (χ2n) is 3.69. The third-order valence-electron chi connectivity index (χ3n) is 2.70. The molecule has 1 unspecified atom stereocenters. The van der Waals surface area contributed by atoms with E-state index >= 15 is 0 Å². The molecule has 1 saturated carbocycles. The molecule has 1 aliphatic carbocycles. The van der Waals surface area contributed by atoms with Crippen LogP contribution in [0.2, 0.25) is 0 Å². The largest absolute Gasteiger partial charge is 0.158 e. The van der Waals surface area contributed by atoms with E-state index in [1.807, 2.05) is 11.8 Å². The molecule has 0 bridgehead atoms. The van der Waals surface area contributed by atoms with Crippen LogP contribution in [0.1, 0.15) is 44.9 Å². The van der Waals surface area contributed by atoms with Crippen molar-refractivity contribution in [3.05, 3.63) is 12.2 Å². The molecule has 0 aromatic carbocycles. The minimum absolute atomic E-state index is 0.753. The molecule has 1 heteroatoms. The monoisotopic (exact) mass is 184 g/mol. The van der Waals surface area contributed by atoms with Crippen molar-refractivity contribution in [3.8, 4) is 0 Å². The van der Waals surface area contributed by atoms with Gasteiger partial charge in [0.15, 0.2) is 0 Å². The molecular weight excluding hydrogens is 164 g/mol. The number of hydrogen-bond donors (Lipinski definition) is 0. The Hall–Kier alpha value is 0.0900. The van der Waals surface area contributed by atoms with Crippen molar-refractivity contribution in [3.63, 3.8) is 0 Å². The summed E-state index contributed by atoms with van der Waals surface area (Å²) in [6.07, 6.45) is 11.9. The molecule has 0 aromatic heterocycles. The van der Waals surface area contributed by atoms with Gasteiger partial charge in [-0.2, -0.15) is 11.8 Å². The summed E-state index contributed by atoms with van der Waals surface area (Å²) in [7, 11) is 0.